The molecule has 0 saturated carbocycles. The van der Waals surface area contributed by atoms with E-state index < -0.39 is 0 Å². The molecule has 0 aliphatic heterocycles. The maximum Gasteiger partial charge on any atom is 0.315 e. The topological polar surface area (TPSA) is 66.9 Å². The van der Waals surface area contributed by atoms with E-state index in [9.17, 15) is 4.79 Å². The molecular weight excluding hydrogens is 252 g/mol. The van der Waals surface area contributed by atoms with Gasteiger partial charge in [0, 0.05) is 37.2 Å². The predicted octanol–water partition coefficient (Wildman–Crippen LogP) is 2.35. The smallest absolute Gasteiger partial charge is 0.315 e. The van der Waals surface area contributed by atoms with Gasteiger partial charge in [-0.15, -0.1) is 0 Å². The molecule has 0 aromatic carbocycles. The van der Waals surface area contributed by atoms with Gasteiger partial charge in [-0.2, -0.15) is 0 Å². The lowest BCUT2D eigenvalue weighted by molar-refractivity contribution is 0.240. The van der Waals surface area contributed by atoms with E-state index in [1.54, 1.807) is 18.6 Å². The molecule has 0 radical (unpaired) electrons. The Morgan fingerprint density at radius 3 is 2.80 bits per heavy atom. The van der Waals surface area contributed by atoms with E-state index in [1.807, 2.05) is 31.2 Å². The third-order valence-corrected chi connectivity index (χ3v) is 2.80. The second-order valence-corrected chi connectivity index (χ2v) is 4.36. The number of hydrogen-bond donors (Lipinski definition) is 2. The van der Waals surface area contributed by atoms with Crippen molar-refractivity contribution in [3.8, 4) is 11.3 Å². The highest BCUT2D eigenvalue weighted by atomic mass is 16.2. The maximum atomic E-state index is 11.6. The van der Waals surface area contributed by atoms with Crippen molar-refractivity contribution in [3.63, 3.8) is 0 Å². The van der Waals surface area contributed by atoms with E-state index in [1.165, 1.54) is 0 Å². The van der Waals surface area contributed by atoms with Gasteiger partial charge >= 0.3 is 6.03 Å². The molecular formula is C15H18N4O. The largest absolute Gasteiger partial charge is 0.338 e. The fraction of sp³-hybridized carbons (Fsp3) is 0.267. The number of hydrogen-bond acceptors (Lipinski definition) is 3. The van der Waals surface area contributed by atoms with Crippen LogP contribution in [0.2, 0.25) is 0 Å². The minimum Gasteiger partial charge on any atom is -0.338 e. The zero-order chi connectivity index (χ0) is 14.2. The van der Waals surface area contributed by atoms with Gasteiger partial charge in [0.25, 0.3) is 0 Å². The SMILES string of the molecule is CCCNC(=O)NCc1cccnc1-c1cccnc1. The predicted molar refractivity (Wildman–Crippen MR) is 78.0 cm³/mol. The van der Waals surface area contributed by atoms with Gasteiger partial charge in [0.2, 0.25) is 0 Å². The van der Waals surface area contributed by atoms with Gasteiger partial charge in [-0.1, -0.05) is 13.0 Å². The van der Waals surface area contributed by atoms with Crippen LogP contribution in [0.4, 0.5) is 4.79 Å². The van der Waals surface area contributed by atoms with E-state index in [0.29, 0.717) is 13.1 Å². The average molecular weight is 270 g/mol. The van der Waals surface area contributed by atoms with Crippen LogP contribution in [0.3, 0.4) is 0 Å². The number of pyridine rings is 2. The van der Waals surface area contributed by atoms with Crippen LogP contribution in [0.25, 0.3) is 11.3 Å². The summed E-state index contributed by atoms with van der Waals surface area (Å²) in [7, 11) is 0. The lowest BCUT2D eigenvalue weighted by atomic mass is 10.1. The summed E-state index contributed by atoms with van der Waals surface area (Å²) >= 11 is 0. The first-order valence-corrected chi connectivity index (χ1v) is 6.67. The van der Waals surface area contributed by atoms with Gasteiger partial charge in [-0.05, 0) is 30.2 Å². The van der Waals surface area contributed by atoms with Crippen LogP contribution < -0.4 is 10.6 Å². The summed E-state index contributed by atoms with van der Waals surface area (Å²) in [5, 5.41) is 5.61. The van der Waals surface area contributed by atoms with Gasteiger partial charge < -0.3 is 10.6 Å². The van der Waals surface area contributed by atoms with Crippen molar-refractivity contribution in [2.45, 2.75) is 19.9 Å². The third kappa shape index (κ3) is 3.78. The van der Waals surface area contributed by atoms with E-state index in [4.69, 9.17) is 0 Å². The first-order valence-electron chi connectivity index (χ1n) is 6.67. The summed E-state index contributed by atoms with van der Waals surface area (Å²) in [6, 6.07) is 7.48. The first-order chi connectivity index (χ1) is 9.81. The Balaban J connectivity index is 2.07. The number of aromatic nitrogens is 2. The third-order valence-electron chi connectivity index (χ3n) is 2.80. The van der Waals surface area contributed by atoms with Crippen molar-refractivity contribution in [1.82, 2.24) is 20.6 Å². The molecule has 5 nitrogen and oxygen atoms in total. The lowest BCUT2D eigenvalue weighted by Gasteiger charge is -2.10. The van der Waals surface area contributed by atoms with Crippen LogP contribution >= 0.6 is 0 Å². The number of carbonyl (C=O) groups is 1. The van der Waals surface area contributed by atoms with Crippen molar-refractivity contribution < 1.29 is 4.79 Å². The van der Waals surface area contributed by atoms with Crippen LogP contribution in [0, 0.1) is 0 Å². The Bertz CT molecular complexity index is 557. The minimum absolute atomic E-state index is 0.159. The van der Waals surface area contributed by atoms with Crippen LogP contribution in [0.1, 0.15) is 18.9 Å². The van der Waals surface area contributed by atoms with E-state index in [-0.39, 0.29) is 6.03 Å². The van der Waals surface area contributed by atoms with Gasteiger partial charge in [0.05, 0.1) is 5.69 Å². The zero-order valence-corrected chi connectivity index (χ0v) is 11.5. The van der Waals surface area contributed by atoms with Crippen molar-refractivity contribution in [2.24, 2.45) is 0 Å². The monoisotopic (exact) mass is 270 g/mol. The van der Waals surface area contributed by atoms with Gasteiger partial charge in [0.15, 0.2) is 0 Å². The molecule has 2 amide bonds. The number of carbonyl (C=O) groups excluding carboxylic acids is 1. The van der Waals surface area contributed by atoms with Crippen molar-refractivity contribution >= 4 is 6.03 Å². The molecule has 2 aromatic rings. The minimum atomic E-state index is -0.159. The summed E-state index contributed by atoms with van der Waals surface area (Å²) in [6.07, 6.45) is 6.15. The number of rotatable bonds is 5. The molecule has 0 fully saturated rings. The zero-order valence-electron chi connectivity index (χ0n) is 11.5. The molecule has 104 valence electrons. The molecule has 0 unspecified atom stereocenters. The summed E-state index contributed by atoms with van der Waals surface area (Å²) in [6.45, 7) is 3.13. The van der Waals surface area contributed by atoms with Gasteiger partial charge in [-0.3, -0.25) is 9.97 Å². The number of amides is 2. The highest BCUT2D eigenvalue weighted by Gasteiger charge is 2.07. The molecule has 5 heteroatoms. The molecule has 2 N–H and O–H groups in total. The molecule has 0 spiro atoms. The fourth-order valence-electron chi connectivity index (χ4n) is 1.82. The van der Waals surface area contributed by atoms with Crippen molar-refractivity contribution in [3.05, 3.63) is 48.4 Å². The Morgan fingerprint density at radius 1 is 1.20 bits per heavy atom. The van der Waals surface area contributed by atoms with Crippen LogP contribution in [0.15, 0.2) is 42.9 Å². The Hall–Kier alpha value is -2.43. The average Bonchev–Trinajstić information content (AvgIpc) is 2.52. The maximum absolute atomic E-state index is 11.6. The molecule has 0 aliphatic rings. The Morgan fingerprint density at radius 2 is 2.05 bits per heavy atom. The van der Waals surface area contributed by atoms with Crippen molar-refractivity contribution in [2.75, 3.05) is 6.54 Å². The molecule has 2 heterocycles. The molecule has 2 rings (SSSR count). The van der Waals surface area contributed by atoms with Crippen LogP contribution in [0.5, 0.6) is 0 Å². The highest BCUT2D eigenvalue weighted by molar-refractivity contribution is 5.74. The molecule has 0 aliphatic carbocycles. The molecule has 0 saturated heterocycles. The van der Waals surface area contributed by atoms with E-state index in [0.717, 1.165) is 23.2 Å². The summed E-state index contributed by atoms with van der Waals surface area (Å²) < 4.78 is 0. The molecule has 20 heavy (non-hydrogen) atoms. The highest BCUT2D eigenvalue weighted by Crippen LogP contribution is 2.19. The number of nitrogens with zero attached hydrogens (tertiary/aromatic N) is 2. The Labute approximate surface area is 118 Å². The van der Waals surface area contributed by atoms with Gasteiger partial charge in [0.1, 0.15) is 0 Å². The molecule has 0 bridgehead atoms. The first kappa shape index (κ1) is 14.0. The number of urea groups is 1. The van der Waals surface area contributed by atoms with E-state index >= 15 is 0 Å². The normalized spacial score (nSPS) is 10.1. The van der Waals surface area contributed by atoms with Crippen molar-refractivity contribution in [1.29, 1.82) is 0 Å². The standard InChI is InChI=1S/C15H18N4O/c1-2-7-18-15(20)19-11-13-6-4-9-17-14(13)12-5-3-8-16-10-12/h3-6,8-10H,2,7,11H2,1H3,(H2,18,19,20). The fourth-order valence-corrected chi connectivity index (χ4v) is 1.82. The Kier molecular flexibility index (Phi) is 5.06. The van der Waals surface area contributed by atoms with Crippen LogP contribution in [-0.2, 0) is 6.54 Å². The summed E-state index contributed by atoms with van der Waals surface area (Å²) in [4.78, 5) is 20.0. The molecule has 0 atom stereocenters. The van der Waals surface area contributed by atoms with Crippen LogP contribution in [-0.4, -0.2) is 22.5 Å². The summed E-state index contributed by atoms with van der Waals surface area (Å²) in [5.74, 6) is 0. The molecule has 2 aromatic heterocycles. The quantitative estimate of drug-likeness (QED) is 0.876. The summed E-state index contributed by atoms with van der Waals surface area (Å²) in [5.41, 5.74) is 2.75. The second-order valence-electron chi connectivity index (χ2n) is 4.36. The van der Waals surface area contributed by atoms with Gasteiger partial charge in [-0.25, -0.2) is 4.79 Å². The lowest BCUT2D eigenvalue weighted by Crippen LogP contribution is -2.35. The van der Waals surface area contributed by atoms with E-state index in [2.05, 4.69) is 20.6 Å². The second kappa shape index (κ2) is 7.23. The number of nitrogens with one attached hydrogen (secondary N) is 2.